The fourth-order valence-electron chi connectivity index (χ4n) is 3.38. The first-order valence-corrected chi connectivity index (χ1v) is 9.16. The molecule has 1 aromatic carbocycles. The summed E-state index contributed by atoms with van der Waals surface area (Å²) in [6, 6.07) is 4.26. The number of alkyl halides is 3. The van der Waals surface area contributed by atoms with Gasteiger partial charge in [0.15, 0.2) is 5.78 Å². The summed E-state index contributed by atoms with van der Waals surface area (Å²) in [7, 11) is 0. The van der Waals surface area contributed by atoms with Crippen LogP contribution in [0.3, 0.4) is 0 Å². The minimum Gasteiger partial charge on any atom is -0.342 e. The lowest BCUT2D eigenvalue weighted by Gasteiger charge is -2.32. The van der Waals surface area contributed by atoms with Gasteiger partial charge in [0, 0.05) is 37.5 Å². The second-order valence-electron chi connectivity index (χ2n) is 6.88. The summed E-state index contributed by atoms with van der Waals surface area (Å²) in [5.74, 6) is -0.622. The van der Waals surface area contributed by atoms with Gasteiger partial charge in [0.2, 0.25) is 5.91 Å². The maximum atomic E-state index is 12.7. The molecule has 1 atom stereocenters. The van der Waals surface area contributed by atoms with E-state index in [0.717, 1.165) is 12.1 Å². The van der Waals surface area contributed by atoms with Gasteiger partial charge >= 0.3 is 6.18 Å². The van der Waals surface area contributed by atoms with Crippen molar-refractivity contribution in [3.05, 3.63) is 48.0 Å². The minimum absolute atomic E-state index is 0.0231. The molecule has 150 valence electrons. The Morgan fingerprint density at radius 2 is 1.93 bits per heavy atom. The summed E-state index contributed by atoms with van der Waals surface area (Å²) in [5.41, 5.74) is -0.532. The standard InChI is InChI=1S/C19H21F3N4O2/c20-19(21,22)16-7-5-14(6-8-16)18(28)15-3-1-9-25(11-15)17(27)4-2-10-26-13-23-12-24-26/h5-8,12-13,15H,1-4,9-11H2/t15-/m1/s1. The van der Waals surface area contributed by atoms with Crippen molar-refractivity contribution in [3.8, 4) is 0 Å². The van der Waals surface area contributed by atoms with Gasteiger partial charge in [-0.25, -0.2) is 4.98 Å². The highest BCUT2D eigenvalue weighted by molar-refractivity contribution is 5.98. The average molecular weight is 394 g/mol. The van der Waals surface area contributed by atoms with E-state index >= 15 is 0 Å². The fraction of sp³-hybridized carbons (Fsp3) is 0.474. The molecule has 6 nitrogen and oxygen atoms in total. The number of nitrogens with zero attached hydrogens (tertiary/aromatic N) is 4. The topological polar surface area (TPSA) is 68.1 Å². The Morgan fingerprint density at radius 1 is 1.18 bits per heavy atom. The molecule has 0 spiro atoms. The van der Waals surface area contributed by atoms with Crippen molar-refractivity contribution in [1.29, 1.82) is 0 Å². The largest absolute Gasteiger partial charge is 0.416 e. The van der Waals surface area contributed by atoms with E-state index in [-0.39, 0.29) is 23.2 Å². The Kier molecular flexibility index (Phi) is 6.11. The van der Waals surface area contributed by atoms with Crippen molar-refractivity contribution >= 4 is 11.7 Å². The molecule has 1 amide bonds. The van der Waals surface area contributed by atoms with Gasteiger partial charge in [0.1, 0.15) is 12.7 Å². The van der Waals surface area contributed by atoms with Crippen molar-refractivity contribution in [1.82, 2.24) is 19.7 Å². The molecule has 1 aliphatic heterocycles. The van der Waals surface area contributed by atoms with Crippen molar-refractivity contribution in [3.63, 3.8) is 0 Å². The fourth-order valence-corrected chi connectivity index (χ4v) is 3.38. The monoisotopic (exact) mass is 394 g/mol. The molecule has 28 heavy (non-hydrogen) atoms. The van der Waals surface area contributed by atoms with E-state index < -0.39 is 11.7 Å². The number of likely N-dealkylation sites (tertiary alicyclic amines) is 1. The average Bonchev–Trinajstić information content (AvgIpc) is 3.20. The molecule has 0 N–H and O–H groups in total. The minimum atomic E-state index is -4.43. The zero-order valence-electron chi connectivity index (χ0n) is 15.2. The van der Waals surface area contributed by atoms with Gasteiger partial charge in [-0.15, -0.1) is 0 Å². The number of aromatic nitrogens is 3. The lowest BCUT2D eigenvalue weighted by molar-refractivity contribution is -0.137. The van der Waals surface area contributed by atoms with Crippen molar-refractivity contribution in [2.45, 2.75) is 38.4 Å². The van der Waals surface area contributed by atoms with Crippen LogP contribution in [0.1, 0.15) is 41.6 Å². The molecule has 1 aliphatic rings. The van der Waals surface area contributed by atoms with Gasteiger partial charge in [-0.3, -0.25) is 14.3 Å². The number of hydrogen-bond acceptors (Lipinski definition) is 4. The van der Waals surface area contributed by atoms with Crippen LogP contribution in [0.4, 0.5) is 13.2 Å². The van der Waals surface area contributed by atoms with E-state index in [2.05, 4.69) is 10.1 Å². The SMILES string of the molecule is O=C(c1ccc(C(F)(F)F)cc1)[C@@H]1CCCN(C(=O)CCCn2cncn2)C1. The molecule has 3 rings (SSSR count). The smallest absolute Gasteiger partial charge is 0.342 e. The quantitative estimate of drug-likeness (QED) is 0.706. The van der Waals surface area contributed by atoms with Crippen molar-refractivity contribution < 1.29 is 22.8 Å². The summed E-state index contributed by atoms with van der Waals surface area (Å²) >= 11 is 0. The van der Waals surface area contributed by atoms with Gasteiger partial charge in [0.25, 0.3) is 0 Å². The third-order valence-corrected chi connectivity index (χ3v) is 4.89. The number of ketones is 1. The molecular formula is C19H21F3N4O2. The third kappa shape index (κ3) is 4.96. The van der Waals surface area contributed by atoms with Crippen LogP contribution in [-0.2, 0) is 17.5 Å². The number of benzene rings is 1. The molecule has 1 aromatic heterocycles. The molecule has 0 bridgehead atoms. The summed E-state index contributed by atoms with van der Waals surface area (Å²) in [5, 5.41) is 3.98. The van der Waals surface area contributed by atoms with Crippen LogP contribution in [0.25, 0.3) is 0 Å². The number of carbonyl (C=O) groups is 2. The predicted octanol–water partition coefficient (Wildman–Crippen LogP) is 3.20. The van der Waals surface area contributed by atoms with E-state index in [4.69, 9.17) is 0 Å². The Labute approximate surface area is 160 Å². The molecule has 0 aliphatic carbocycles. The maximum Gasteiger partial charge on any atom is 0.416 e. The lowest BCUT2D eigenvalue weighted by atomic mass is 9.89. The third-order valence-electron chi connectivity index (χ3n) is 4.89. The van der Waals surface area contributed by atoms with E-state index in [1.807, 2.05) is 0 Å². The number of hydrogen-bond donors (Lipinski definition) is 0. The van der Waals surface area contributed by atoms with Crippen LogP contribution in [0.5, 0.6) is 0 Å². The van der Waals surface area contributed by atoms with E-state index in [1.54, 1.807) is 15.9 Å². The van der Waals surface area contributed by atoms with Gasteiger partial charge in [-0.05, 0) is 31.4 Å². The van der Waals surface area contributed by atoms with Gasteiger partial charge in [-0.2, -0.15) is 18.3 Å². The van der Waals surface area contributed by atoms with Crippen LogP contribution < -0.4 is 0 Å². The van der Waals surface area contributed by atoms with Crippen LogP contribution in [0.15, 0.2) is 36.9 Å². The van der Waals surface area contributed by atoms with Crippen LogP contribution in [-0.4, -0.2) is 44.4 Å². The van der Waals surface area contributed by atoms with Crippen molar-refractivity contribution in [2.24, 2.45) is 5.92 Å². The Morgan fingerprint density at radius 3 is 2.57 bits per heavy atom. The highest BCUT2D eigenvalue weighted by Gasteiger charge is 2.32. The summed E-state index contributed by atoms with van der Waals surface area (Å²) in [6.07, 6.45) is 0.890. The maximum absolute atomic E-state index is 12.7. The molecule has 1 saturated heterocycles. The number of aryl methyl sites for hydroxylation is 1. The zero-order valence-corrected chi connectivity index (χ0v) is 15.2. The van der Waals surface area contributed by atoms with Crippen LogP contribution >= 0.6 is 0 Å². The first kappa shape index (κ1) is 20.0. The van der Waals surface area contributed by atoms with E-state index in [1.165, 1.54) is 18.5 Å². The molecule has 1 fully saturated rings. The Bertz CT molecular complexity index is 804. The highest BCUT2D eigenvalue weighted by Crippen LogP contribution is 2.30. The second-order valence-corrected chi connectivity index (χ2v) is 6.88. The number of Topliss-reactive ketones (excluding diaryl/α,β-unsaturated/α-hetero) is 1. The first-order chi connectivity index (χ1) is 13.3. The van der Waals surface area contributed by atoms with E-state index in [0.29, 0.717) is 45.3 Å². The molecule has 2 heterocycles. The number of piperidine rings is 1. The molecule has 0 unspecified atom stereocenters. The van der Waals surface area contributed by atoms with E-state index in [9.17, 15) is 22.8 Å². The van der Waals surface area contributed by atoms with Gasteiger partial charge in [0.05, 0.1) is 5.56 Å². The molecule has 2 aromatic rings. The molecular weight excluding hydrogens is 373 g/mol. The summed E-state index contributed by atoms with van der Waals surface area (Å²) in [6.45, 7) is 1.49. The van der Waals surface area contributed by atoms with Gasteiger partial charge in [-0.1, -0.05) is 12.1 Å². The lowest BCUT2D eigenvalue weighted by Crippen LogP contribution is -2.42. The number of rotatable bonds is 6. The second kappa shape index (κ2) is 8.53. The Hall–Kier alpha value is -2.71. The molecule has 0 saturated carbocycles. The molecule has 0 radical (unpaired) electrons. The highest BCUT2D eigenvalue weighted by atomic mass is 19.4. The molecule has 9 heteroatoms. The number of carbonyl (C=O) groups excluding carboxylic acids is 2. The normalized spacial score (nSPS) is 17.5. The van der Waals surface area contributed by atoms with Crippen LogP contribution in [0, 0.1) is 5.92 Å². The first-order valence-electron chi connectivity index (χ1n) is 9.16. The summed E-state index contributed by atoms with van der Waals surface area (Å²) < 4.78 is 39.7. The number of halogens is 3. The van der Waals surface area contributed by atoms with Crippen molar-refractivity contribution in [2.75, 3.05) is 13.1 Å². The van der Waals surface area contributed by atoms with Crippen LogP contribution in [0.2, 0.25) is 0 Å². The number of amides is 1. The van der Waals surface area contributed by atoms with Gasteiger partial charge < -0.3 is 4.90 Å². The summed E-state index contributed by atoms with van der Waals surface area (Å²) in [4.78, 5) is 30.6. The zero-order chi connectivity index (χ0) is 20.1. The predicted molar refractivity (Wildman–Crippen MR) is 94.3 cm³/mol. The Balaban J connectivity index is 1.54.